The molecule has 3 aliphatic rings. The molecule has 0 aromatic heterocycles. The van der Waals surface area contributed by atoms with Gasteiger partial charge in [-0.3, -0.25) is 0 Å². The van der Waals surface area contributed by atoms with Crippen LogP contribution in [-0.2, 0) is 12.8 Å². The molecule has 0 saturated carbocycles. The van der Waals surface area contributed by atoms with Crippen LogP contribution in [0.1, 0.15) is 83.8 Å². The van der Waals surface area contributed by atoms with Crippen LogP contribution in [0.3, 0.4) is 0 Å². The Bertz CT molecular complexity index is 859. The second kappa shape index (κ2) is 9.13. The Morgan fingerprint density at radius 1 is 0.867 bits per heavy atom. The lowest BCUT2D eigenvalue weighted by Gasteiger charge is -2.33. The van der Waals surface area contributed by atoms with Crippen molar-refractivity contribution in [3.63, 3.8) is 0 Å². The minimum absolute atomic E-state index is 0.381. The Balaban J connectivity index is 1.61. The number of hydrogen-bond acceptors (Lipinski definition) is 0. The Hall–Kier alpha value is -1.82. The third-order valence-electron chi connectivity index (χ3n) is 7.64. The largest absolute Gasteiger partial charge is 0.0840 e. The van der Waals surface area contributed by atoms with Gasteiger partial charge in [0, 0.05) is 0 Å². The number of hydrogen-bond donors (Lipinski definition) is 0. The highest BCUT2D eigenvalue weighted by molar-refractivity contribution is 5.42. The second-order valence-electron chi connectivity index (χ2n) is 10.6. The molecule has 0 atom stereocenters. The molecule has 4 rings (SSSR count). The molecule has 0 amide bonds. The highest BCUT2D eigenvalue weighted by atomic mass is 14.4. The second-order valence-corrected chi connectivity index (χ2v) is 10.6. The van der Waals surface area contributed by atoms with Gasteiger partial charge >= 0.3 is 0 Å². The van der Waals surface area contributed by atoms with E-state index in [0.29, 0.717) is 17.3 Å². The summed E-state index contributed by atoms with van der Waals surface area (Å²) in [6.07, 6.45) is 21.1. The van der Waals surface area contributed by atoms with Gasteiger partial charge in [0.15, 0.2) is 0 Å². The maximum absolute atomic E-state index is 2.55. The van der Waals surface area contributed by atoms with E-state index in [1.165, 1.54) is 57.8 Å². The van der Waals surface area contributed by atoms with Crippen molar-refractivity contribution in [2.24, 2.45) is 17.3 Å². The van der Waals surface area contributed by atoms with E-state index in [4.69, 9.17) is 0 Å². The Morgan fingerprint density at radius 3 is 2.20 bits per heavy atom. The van der Waals surface area contributed by atoms with Crippen LogP contribution in [0.2, 0.25) is 0 Å². The maximum Gasteiger partial charge on any atom is -0.0173 e. The van der Waals surface area contributed by atoms with E-state index in [0.717, 1.165) is 0 Å². The average molecular weight is 401 g/mol. The number of fused-ring (bicyclic) bond motifs is 1. The fraction of sp³-hybridized carbons (Fsp3) is 0.533. The minimum atomic E-state index is 0.381. The highest BCUT2D eigenvalue weighted by Crippen LogP contribution is 2.48. The molecule has 1 aromatic carbocycles. The highest BCUT2D eigenvalue weighted by Gasteiger charge is 2.38. The van der Waals surface area contributed by atoms with Gasteiger partial charge in [-0.25, -0.2) is 0 Å². The lowest BCUT2D eigenvalue weighted by atomic mass is 9.71. The van der Waals surface area contributed by atoms with Crippen LogP contribution in [0.4, 0.5) is 0 Å². The Morgan fingerprint density at radius 2 is 1.60 bits per heavy atom. The average Bonchev–Trinajstić information content (AvgIpc) is 3.10. The molecule has 0 bridgehead atoms. The zero-order valence-corrected chi connectivity index (χ0v) is 19.6. The molecule has 1 aromatic rings. The smallest absolute Gasteiger partial charge is 0.0173 e. The van der Waals surface area contributed by atoms with Crippen LogP contribution in [0.15, 0.2) is 70.9 Å². The molecule has 0 fully saturated rings. The molecule has 0 heteroatoms. The van der Waals surface area contributed by atoms with E-state index < -0.39 is 0 Å². The maximum atomic E-state index is 2.55. The number of rotatable bonds is 7. The van der Waals surface area contributed by atoms with E-state index >= 15 is 0 Å². The van der Waals surface area contributed by atoms with Gasteiger partial charge in [0.1, 0.15) is 0 Å². The molecule has 0 aliphatic heterocycles. The van der Waals surface area contributed by atoms with Gasteiger partial charge in [-0.2, -0.15) is 0 Å². The van der Waals surface area contributed by atoms with Crippen LogP contribution in [0, 0.1) is 17.3 Å². The first-order valence-electron chi connectivity index (χ1n) is 12.3. The molecule has 0 spiro atoms. The number of allylic oxidation sites excluding steroid dienone is 8. The van der Waals surface area contributed by atoms with E-state index in [2.05, 4.69) is 76.3 Å². The Labute approximate surface area is 184 Å². The topological polar surface area (TPSA) is 0 Å². The summed E-state index contributed by atoms with van der Waals surface area (Å²) in [6, 6.07) is 9.21. The molecule has 160 valence electrons. The molecular formula is C30H40. The molecule has 0 nitrogen and oxygen atoms in total. The van der Waals surface area contributed by atoms with Crippen molar-refractivity contribution >= 4 is 0 Å². The lowest BCUT2D eigenvalue weighted by Crippen LogP contribution is -2.23. The molecular weight excluding hydrogens is 360 g/mol. The first kappa shape index (κ1) is 21.4. The van der Waals surface area contributed by atoms with Crippen LogP contribution in [0.5, 0.6) is 0 Å². The molecule has 0 radical (unpaired) electrons. The summed E-state index contributed by atoms with van der Waals surface area (Å²) in [4.78, 5) is 0. The SMILES string of the molecule is CC(C)C1=CCCC(C(C)C)=C1CCC1(CC2=CCCC=C2)Cc2ccccc2C1. The molecule has 0 N–H and O–H groups in total. The summed E-state index contributed by atoms with van der Waals surface area (Å²) in [5, 5.41) is 0. The van der Waals surface area contributed by atoms with Gasteiger partial charge in [-0.1, -0.05) is 87.4 Å². The Kier molecular flexibility index (Phi) is 6.51. The van der Waals surface area contributed by atoms with E-state index in [9.17, 15) is 0 Å². The molecule has 0 heterocycles. The first-order valence-corrected chi connectivity index (χ1v) is 12.3. The van der Waals surface area contributed by atoms with Crippen LogP contribution >= 0.6 is 0 Å². The summed E-state index contributed by atoms with van der Waals surface area (Å²) >= 11 is 0. The fourth-order valence-electron chi connectivity index (χ4n) is 6.15. The van der Waals surface area contributed by atoms with Crippen LogP contribution in [-0.4, -0.2) is 0 Å². The van der Waals surface area contributed by atoms with E-state index in [1.54, 1.807) is 33.4 Å². The van der Waals surface area contributed by atoms with E-state index in [-0.39, 0.29) is 0 Å². The minimum Gasteiger partial charge on any atom is -0.0840 e. The van der Waals surface area contributed by atoms with Crippen molar-refractivity contribution in [3.8, 4) is 0 Å². The van der Waals surface area contributed by atoms with Crippen molar-refractivity contribution in [1.29, 1.82) is 0 Å². The standard InChI is InChI=1S/C30H40/c1-22(2)27-15-10-16-28(23(3)4)29(27)17-18-30(19-24-11-6-5-7-12-24)20-25-13-8-9-14-26(25)21-30/h6,8-9,11-15,22-23H,5,7,10,16-21H2,1-4H3. The van der Waals surface area contributed by atoms with Gasteiger partial charge in [0.05, 0.1) is 0 Å². The van der Waals surface area contributed by atoms with Crippen molar-refractivity contribution in [3.05, 3.63) is 82.0 Å². The fourth-order valence-corrected chi connectivity index (χ4v) is 6.15. The quantitative estimate of drug-likeness (QED) is 0.430. The van der Waals surface area contributed by atoms with Gasteiger partial charge in [-0.15, -0.1) is 0 Å². The summed E-state index contributed by atoms with van der Waals surface area (Å²) < 4.78 is 0. The van der Waals surface area contributed by atoms with Gasteiger partial charge in [0.2, 0.25) is 0 Å². The third-order valence-corrected chi connectivity index (χ3v) is 7.64. The van der Waals surface area contributed by atoms with Gasteiger partial charge in [-0.05, 0) is 97.3 Å². The zero-order chi connectivity index (χ0) is 21.1. The summed E-state index contributed by atoms with van der Waals surface area (Å²) in [7, 11) is 0. The number of benzene rings is 1. The van der Waals surface area contributed by atoms with E-state index in [1.807, 2.05) is 0 Å². The first-order chi connectivity index (χ1) is 14.5. The van der Waals surface area contributed by atoms with Crippen molar-refractivity contribution < 1.29 is 0 Å². The summed E-state index contributed by atoms with van der Waals surface area (Å²) in [5.74, 6) is 1.30. The van der Waals surface area contributed by atoms with Crippen molar-refractivity contribution in [2.75, 3.05) is 0 Å². The van der Waals surface area contributed by atoms with Gasteiger partial charge < -0.3 is 0 Å². The summed E-state index contributed by atoms with van der Waals surface area (Å²) in [5.41, 5.74) is 10.3. The van der Waals surface area contributed by atoms with Crippen LogP contribution in [0.25, 0.3) is 0 Å². The normalized spacial score (nSPS) is 20.6. The molecule has 0 unspecified atom stereocenters. The summed E-state index contributed by atoms with van der Waals surface area (Å²) in [6.45, 7) is 9.57. The molecule has 30 heavy (non-hydrogen) atoms. The predicted octanol–water partition coefficient (Wildman–Crippen LogP) is 8.55. The monoisotopic (exact) mass is 400 g/mol. The third kappa shape index (κ3) is 4.58. The lowest BCUT2D eigenvalue weighted by molar-refractivity contribution is 0.276. The van der Waals surface area contributed by atoms with Crippen molar-refractivity contribution in [2.45, 2.75) is 85.5 Å². The molecule has 3 aliphatic carbocycles. The predicted molar refractivity (Wildman–Crippen MR) is 131 cm³/mol. The molecule has 0 saturated heterocycles. The zero-order valence-electron chi connectivity index (χ0n) is 19.6. The van der Waals surface area contributed by atoms with Crippen LogP contribution < -0.4 is 0 Å². The van der Waals surface area contributed by atoms with Crippen molar-refractivity contribution in [1.82, 2.24) is 0 Å². The van der Waals surface area contributed by atoms with Gasteiger partial charge in [0.25, 0.3) is 0 Å².